The second-order valence-electron chi connectivity index (χ2n) is 16.6. The van der Waals surface area contributed by atoms with Crippen molar-refractivity contribution in [1.82, 2.24) is 24.5 Å². The Kier molecular flexibility index (Phi) is 12.7. The van der Waals surface area contributed by atoms with E-state index in [1.165, 1.54) is 0 Å². The lowest BCUT2D eigenvalue weighted by Crippen LogP contribution is -2.41. The predicted molar refractivity (Wildman–Crippen MR) is 219 cm³/mol. The van der Waals surface area contributed by atoms with Crippen molar-refractivity contribution < 1.29 is 28.1 Å². The number of rotatable bonds is 16. The van der Waals surface area contributed by atoms with Crippen molar-refractivity contribution in [1.29, 1.82) is 0 Å². The van der Waals surface area contributed by atoms with Crippen LogP contribution in [0.4, 0.5) is 0 Å². The standard InChI is InChI=1S/C40H54ClN5O6Si2/c1-40(2,3)54(7,8)51-16-15-48-31-19-28(22-42-23-31)26-50-38-36-33(25-46(37(36)44-39(41)45-38)27-47-17-18-53(4,5)6)29-12-13-34-30(20-29)21-32(24-43-34)52-35-11-9-10-14-49-35/h12-13,19-25,35H,9-11,14-18,26-27H2,1-8H3. The van der Waals surface area contributed by atoms with Crippen molar-refractivity contribution in [2.75, 3.05) is 26.4 Å². The third-order valence-corrected chi connectivity index (χ3v) is 16.4. The SMILES string of the molecule is CC(C)(C)[Si](C)(C)OCCOc1cncc(COc2nc(Cl)nc3c2c(-c2ccc4ncc(OC5CCCCO5)cc4c2)cn3COCC[Si](C)(C)C)c1. The lowest BCUT2D eigenvalue weighted by atomic mass is 10.0. The molecule has 0 saturated carbocycles. The van der Waals surface area contributed by atoms with E-state index in [0.29, 0.717) is 56.2 Å². The Balaban J connectivity index is 1.26. The van der Waals surface area contributed by atoms with Crippen LogP contribution in [0.3, 0.4) is 0 Å². The van der Waals surface area contributed by atoms with E-state index in [9.17, 15) is 0 Å². The van der Waals surface area contributed by atoms with Gasteiger partial charge in [0.2, 0.25) is 11.2 Å². The lowest BCUT2D eigenvalue weighted by Gasteiger charge is -2.36. The highest BCUT2D eigenvalue weighted by Crippen LogP contribution is 2.39. The summed E-state index contributed by atoms with van der Waals surface area (Å²) >= 11 is 6.56. The van der Waals surface area contributed by atoms with Crippen molar-refractivity contribution >= 4 is 49.9 Å². The van der Waals surface area contributed by atoms with E-state index in [-0.39, 0.29) is 23.2 Å². The van der Waals surface area contributed by atoms with Crippen molar-refractivity contribution in [2.45, 2.75) is 103 Å². The van der Waals surface area contributed by atoms with Gasteiger partial charge in [-0.3, -0.25) is 9.97 Å². The Hall–Kier alpha value is -3.60. The molecule has 0 bridgehead atoms. The van der Waals surface area contributed by atoms with E-state index in [1.807, 2.05) is 35.0 Å². The number of halogens is 1. The lowest BCUT2D eigenvalue weighted by molar-refractivity contribution is -0.106. The van der Waals surface area contributed by atoms with Gasteiger partial charge in [0.05, 0.1) is 36.5 Å². The minimum absolute atomic E-state index is 0.0804. The molecule has 290 valence electrons. The Morgan fingerprint density at radius 1 is 0.926 bits per heavy atom. The van der Waals surface area contributed by atoms with Gasteiger partial charge in [0.1, 0.15) is 31.4 Å². The summed E-state index contributed by atoms with van der Waals surface area (Å²) in [7, 11) is -3.14. The zero-order valence-electron chi connectivity index (χ0n) is 32.9. The Labute approximate surface area is 325 Å². The van der Waals surface area contributed by atoms with Gasteiger partial charge in [-0.2, -0.15) is 9.97 Å². The third-order valence-electron chi connectivity index (χ3n) is 10.0. The van der Waals surface area contributed by atoms with Gasteiger partial charge in [0.25, 0.3) is 0 Å². The molecule has 1 aliphatic rings. The summed E-state index contributed by atoms with van der Waals surface area (Å²) in [6, 6.07) is 11.1. The summed E-state index contributed by atoms with van der Waals surface area (Å²) < 4.78 is 38.9. The molecule has 4 aromatic heterocycles. The average molecular weight is 793 g/mol. The van der Waals surface area contributed by atoms with Crippen LogP contribution in [0.1, 0.15) is 45.6 Å². The van der Waals surface area contributed by atoms with Gasteiger partial charge in [-0.1, -0.05) is 46.5 Å². The molecule has 1 saturated heterocycles. The zero-order valence-corrected chi connectivity index (χ0v) is 35.7. The molecule has 0 spiro atoms. The number of hydrogen-bond donors (Lipinski definition) is 0. The van der Waals surface area contributed by atoms with Crippen molar-refractivity contribution in [3.05, 3.63) is 66.0 Å². The van der Waals surface area contributed by atoms with Gasteiger partial charge in [-0.25, -0.2) is 0 Å². The highest BCUT2D eigenvalue weighted by molar-refractivity contribution is 6.76. The normalized spacial score (nSPS) is 15.5. The van der Waals surface area contributed by atoms with E-state index in [1.54, 1.807) is 18.6 Å². The van der Waals surface area contributed by atoms with Gasteiger partial charge in [0.15, 0.2) is 20.3 Å². The molecule has 1 unspecified atom stereocenters. The molecule has 14 heteroatoms. The second-order valence-corrected chi connectivity index (χ2v) is 27.4. The maximum atomic E-state index is 6.56. The van der Waals surface area contributed by atoms with Crippen LogP contribution >= 0.6 is 11.6 Å². The van der Waals surface area contributed by atoms with Crippen LogP contribution < -0.4 is 14.2 Å². The van der Waals surface area contributed by atoms with Crippen LogP contribution in [0, 0.1) is 0 Å². The predicted octanol–water partition coefficient (Wildman–Crippen LogP) is 9.89. The first-order valence-corrected chi connectivity index (χ1v) is 25.8. The number of ether oxygens (including phenoxy) is 5. The first kappa shape index (κ1) is 40.1. The molecule has 0 radical (unpaired) electrons. The van der Waals surface area contributed by atoms with Crippen LogP contribution in [0.15, 0.2) is 55.1 Å². The van der Waals surface area contributed by atoms with Crippen LogP contribution in [0.5, 0.6) is 17.4 Å². The molecule has 0 aliphatic carbocycles. The molecule has 0 N–H and O–H groups in total. The molecule has 1 aliphatic heterocycles. The molecule has 0 amide bonds. The molecular formula is C40H54ClN5O6Si2. The van der Waals surface area contributed by atoms with E-state index < -0.39 is 16.4 Å². The van der Waals surface area contributed by atoms with Gasteiger partial charge in [0, 0.05) is 50.0 Å². The van der Waals surface area contributed by atoms with E-state index in [2.05, 4.69) is 79.5 Å². The van der Waals surface area contributed by atoms with Crippen molar-refractivity contribution in [3.8, 4) is 28.5 Å². The molecule has 5 aromatic rings. The topological polar surface area (TPSA) is 112 Å². The zero-order chi connectivity index (χ0) is 38.5. The first-order valence-electron chi connectivity index (χ1n) is 18.8. The molecule has 54 heavy (non-hydrogen) atoms. The third kappa shape index (κ3) is 10.4. The number of aromatic nitrogens is 5. The number of benzene rings is 1. The van der Waals surface area contributed by atoms with Crippen LogP contribution in [0.2, 0.25) is 49.1 Å². The Bertz CT molecular complexity index is 2040. The number of nitrogens with zero attached hydrogens (tertiary/aromatic N) is 5. The number of pyridine rings is 2. The maximum Gasteiger partial charge on any atom is 0.228 e. The van der Waals surface area contributed by atoms with E-state index in [0.717, 1.165) is 58.3 Å². The van der Waals surface area contributed by atoms with E-state index in [4.69, 9.17) is 39.7 Å². The summed E-state index contributed by atoms with van der Waals surface area (Å²) in [5.74, 6) is 1.68. The smallest absolute Gasteiger partial charge is 0.228 e. The summed E-state index contributed by atoms with van der Waals surface area (Å²) in [6.07, 6.45) is 9.99. The fourth-order valence-corrected chi connectivity index (χ4v) is 7.78. The second kappa shape index (κ2) is 17.0. The summed E-state index contributed by atoms with van der Waals surface area (Å²) in [6.45, 7) is 21.0. The monoisotopic (exact) mass is 791 g/mol. The summed E-state index contributed by atoms with van der Waals surface area (Å²) in [5, 5.41) is 1.88. The number of hydrogen-bond acceptors (Lipinski definition) is 10. The van der Waals surface area contributed by atoms with Gasteiger partial charge in [-0.15, -0.1) is 0 Å². The quantitative estimate of drug-likeness (QED) is 0.0544. The molecule has 1 aromatic carbocycles. The molecule has 11 nitrogen and oxygen atoms in total. The fraction of sp³-hybridized carbons (Fsp3) is 0.500. The molecule has 1 fully saturated rings. The van der Waals surface area contributed by atoms with E-state index >= 15 is 0 Å². The Morgan fingerprint density at radius 3 is 2.52 bits per heavy atom. The number of fused-ring (bicyclic) bond motifs is 2. The van der Waals surface area contributed by atoms with Gasteiger partial charge < -0.3 is 32.7 Å². The minimum Gasteiger partial charge on any atom is -0.490 e. The highest BCUT2D eigenvalue weighted by atomic mass is 35.5. The summed E-state index contributed by atoms with van der Waals surface area (Å²) in [4.78, 5) is 18.3. The highest BCUT2D eigenvalue weighted by Gasteiger charge is 2.37. The largest absolute Gasteiger partial charge is 0.490 e. The van der Waals surface area contributed by atoms with Gasteiger partial charge in [-0.05, 0) is 78.4 Å². The van der Waals surface area contributed by atoms with Crippen LogP contribution in [0.25, 0.3) is 33.1 Å². The first-order chi connectivity index (χ1) is 25.6. The van der Waals surface area contributed by atoms with Crippen LogP contribution in [-0.2, 0) is 27.2 Å². The minimum atomic E-state index is -1.86. The fourth-order valence-electron chi connectivity index (χ4n) is 5.84. The molecule has 6 rings (SSSR count). The molecule has 5 heterocycles. The molecule has 1 atom stereocenters. The maximum absolute atomic E-state index is 6.56. The summed E-state index contributed by atoms with van der Waals surface area (Å²) in [5.41, 5.74) is 4.11. The van der Waals surface area contributed by atoms with Crippen molar-refractivity contribution in [3.63, 3.8) is 0 Å². The van der Waals surface area contributed by atoms with Crippen molar-refractivity contribution in [2.24, 2.45) is 0 Å². The molecular weight excluding hydrogens is 738 g/mol. The van der Waals surface area contributed by atoms with Crippen LogP contribution in [-0.4, -0.2) is 73.6 Å². The average Bonchev–Trinajstić information content (AvgIpc) is 3.48. The van der Waals surface area contributed by atoms with Gasteiger partial charge >= 0.3 is 0 Å². The Morgan fingerprint density at radius 2 is 1.76 bits per heavy atom.